The number of nitrogens with zero attached hydrogens (tertiary/aromatic N) is 3. The van der Waals surface area contributed by atoms with E-state index in [9.17, 15) is 0 Å². The fraction of sp³-hybridized carbons (Fsp3) is 0. The molecule has 8 rings (SSSR count). The molecule has 5 heteroatoms. The molecule has 0 amide bonds. The van der Waals surface area contributed by atoms with Crippen LogP contribution in [-0.2, 0) is 0 Å². The van der Waals surface area contributed by atoms with E-state index in [2.05, 4.69) is 131 Å². The minimum Gasteiger partial charge on any atom is -0.208 e. The van der Waals surface area contributed by atoms with Gasteiger partial charge in [-0.1, -0.05) is 109 Å². The molecule has 198 valence electrons. The molecule has 0 aliphatic carbocycles. The van der Waals surface area contributed by atoms with Crippen molar-refractivity contribution in [2.45, 2.75) is 0 Å². The maximum atomic E-state index is 6.55. The number of fused-ring (bicyclic) bond motifs is 4. The highest BCUT2D eigenvalue weighted by molar-refractivity contribution is 7.26. The van der Waals surface area contributed by atoms with Crippen LogP contribution < -0.4 is 0 Å². The van der Waals surface area contributed by atoms with Gasteiger partial charge in [0.1, 0.15) is 0 Å². The molecular weight excluding hydrogens is 554 g/mol. The quantitative estimate of drug-likeness (QED) is 0.209. The maximum absolute atomic E-state index is 6.55. The van der Waals surface area contributed by atoms with Crippen molar-refractivity contribution < 1.29 is 0 Å². The van der Waals surface area contributed by atoms with Crippen LogP contribution in [0.15, 0.2) is 133 Å². The fourth-order valence-electron chi connectivity index (χ4n) is 5.66. The highest BCUT2D eigenvalue weighted by atomic mass is 35.5. The van der Waals surface area contributed by atoms with Gasteiger partial charge in [-0.05, 0) is 68.9 Å². The summed E-state index contributed by atoms with van der Waals surface area (Å²) in [5, 5.41) is 4.88. The van der Waals surface area contributed by atoms with E-state index in [0.29, 0.717) is 11.6 Å². The van der Waals surface area contributed by atoms with Crippen LogP contribution in [0.2, 0.25) is 5.28 Å². The first-order chi connectivity index (χ1) is 20.7. The van der Waals surface area contributed by atoms with Crippen LogP contribution in [0.4, 0.5) is 0 Å². The first kappa shape index (κ1) is 24.9. The molecule has 3 nitrogen and oxygen atoms in total. The fourth-order valence-corrected chi connectivity index (χ4v) is 7.06. The first-order valence-corrected chi connectivity index (χ1v) is 14.9. The maximum Gasteiger partial charge on any atom is 0.226 e. The average molecular weight is 576 g/mol. The van der Waals surface area contributed by atoms with Gasteiger partial charge < -0.3 is 0 Å². The molecule has 0 unspecified atom stereocenters. The second kappa shape index (κ2) is 10.2. The topological polar surface area (TPSA) is 38.7 Å². The minimum atomic E-state index is 0.177. The van der Waals surface area contributed by atoms with E-state index < -0.39 is 0 Å². The molecular formula is C37H22ClN3S. The third-order valence-electron chi connectivity index (χ3n) is 7.67. The van der Waals surface area contributed by atoms with Gasteiger partial charge in [0.05, 0.1) is 0 Å². The standard InChI is InChI=1S/C37H22ClN3S/c38-37-40-35(28-18-17-26-21-25(15-16-27(26)22-28)23-9-3-1-4-10-23)39-36(41-37)31-20-19-29(24-11-5-2-6-12-24)33-30-13-7-8-14-32(30)42-34(31)33/h1-22H. The highest BCUT2D eigenvalue weighted by Crippen LogP contribution is 2.44. The SMILES string of the molecule is Clc1nc(-c2ccc3cc(-c4ccccc4)ccc3c2)nc(-c2ccc(-c3ccccc3)c3c2sc2ccccc23)n1. The molecule has 2 aromatic heterocycles. The van der Waals surface area contributed by atoms with Gasteiger partial charge >= 0.3 is 0 Å². The van der Waals surface area contributed by atoms with E-state index in [1.54, 1.807) is 11.3 Å². The molecule has 8 aromatic rings. The van der Waals surface area contributed by atoms with Crippen LogP contribution in [0.25, 0.3) is 76.0 Å². The molecule has 0 saturated heterocycles. The molecule has 0 radical (unpaired) electrons. The van der Waals surface area contributed by atoms with Crippen molar-refractivity contribution in [3.63, 3.8) is 0 Å². The summed E-state index contributed by atoms with van der Waals surface area (Å²) < 4.78 is 2.36. The molecule has 2 heterocycles. The zero-order chi connectivity index (χ0) is 28.0. The first-order valence-electron chi connectivity index (χ1n) is 13.7. The van der Waals surface area contributed by atoms with Crippen molar-refractivity contribution in [2.24, 2.45) is 0 Å². The summed E-state index contributed by atoms with van der Waals surface area (Å²) in [6.07, 6.45) is 0. The van der Waals surface area contributed by atoms with Gasteiger partial charge in [-0.2, -0.15) is 9.97 Å². The van der Waals surface area contributed by atoms with Gasteiger partial charge in [0, 0.05) is 31.3 Å². The van der Waals surface area contributed by atoms with Gasteiger partial charge in [-0.3, -0.25) is 0 Å². The molecule has 42 heavy (non-hydrogen) atoms. The number of rotatable bonds is 4. The van der Waals surface area contributed by atoms with E-state index in [1.165, 1.54) is 37.7 Å². The number of hydrogen-bond donors (Lipinski definition) is 0. The number of halogens is 1. The predicted octanol–water partition coefficient (Wildman–Crippen LogP) is 10.7. The van der Waals surface area contributed by atoms with Crippen LogP contribution in [-0.4, -0.2) is 15.0 Å². The molecule has 0 N–H and O–H groups in total. The van der Waals surface area contributed by atoms with Crippen molar-refractivity contribution in [2.75, 3.05) is 0 Å². The lowest BCUT2D eigenvalue weighted by Crippen LogP contribution is -1.97. The van der Waals surface area contributed by atoms with Crippen molar-refractivity contribution in [3.8, 4) is 45.0 Å². The molecule has 0 atom stereocenters. The number of benzene rings is 6. The largest absolute Gasteiger partial charge is 0.226 e. The normalized spacial score (nSPS) is 11.5. The lowest BCUT2D eigenvalue weighted by molar-refractivity contribution is 1.07. The zero-order valence-corrected chi connectivity index (χ0v) is 23.9. The average Bonchev–Trinajstić information content (AvgIpc) is 3.44. The summed E-state index contributed by atoms with van der Waals surface area (Å²) in [5.41, 5.74) is 6.60. The van der Waals surface area contributed by atoms with Crippen LogP contribution in [0.3, 0.4) is 0 Å². The lowest BCUT2D eigenvalue weighted by Gasteiger charge is -2.10. The number of aromatic nitrogens is 3. The van der Waals surface area contributed by atoms with Gasteiger partial charge in [-0.25, -0.2) is 4.98 Å². The number of thiophene rings is 1. The monoisotopic (exact) mass is 575 g/mol. The van der Waals surface area contributed by atoms with E-state index in [-0.39, 0.29) is 5.28 Å². The van der Waals surface area contributed by atoms with Crippen LogP contribution >= 0.6 is 22.9 Å². The Bertz CT molecular complexity index is 2260. The summed E-state index contributed by atoms with van der Waals surface area (Å²) in [7, 11) is 0. The third-order valence-corrected chi connectivity index (χ3v) is 9.04. The summed E-state index contributed by atoms with van der Waals surface area (Å²) in [4.78, 5) is 14.1. The predicted molar refractivity (Wildman–Crippen MR) is 177 cm³/mol. The molecule has 0 aliphatic rings. The van der Waals surface area contributed by atoms with E-state index in [0.717, 1.165) is 26.6 Å². The Morgan fingerprint density at radius 2 is 1.10 bits per heavy atom. The molecule has 0 aliphatic heterocycles. The van der Waals surface area contributed by atoms with Gasteiger partial charge in [0.15, 0.2) is 11.6 Å². The Morgan fingerprint density at radius 3 is 1.88 bits per heavy atom. The zero-order valence-electron chi connectivity index (χ0n) is 22.3. The molecule has 0 fully saturated rings. The second-order valence-electron chi connectivity index (χ2n) is 10.2. The van der Waals surface area contributed by atoms with Crippen LogP contribution in [0, 0.1) is 0 Å². The summed E-state index contributed by atoms with van der Waals surface area (Å²) in [5.74, 6) is 1.13. The molecule has 0 spiro atoms. The van der Waals surface area contributed by atoms with Crippen molar-refractivity contribution in [1.29, 1.82) is 0 Å². The van der Waals surface area contributed by atoms with Crippen LogP contribution in [0.5, 0.6) is 0 Å². The Balaban J connectivity index is 1.26. The molecule has 0 bridgehead atoms. The Hall–Kier alpha value is -4.90. The van der Waals surface area contributed by atoms with Crippen molar-refractivity contribution >= 4 is 53.9 Å². The molecule has 6 aromatic carbocycles. The van der Waals surface area contributed by atoms with Gasteiger partial charge in [0.2, 0.25) is 5.28 Å². The summed E-state index contributed by atoms with van der Waals surface area (Å²) in [6, 6.07) is 46.6. The third kappa shape index (κ3) is 4.33. The van der Waals surface area contributed by atoms with E-state index >= 15 is 0 Å². The summed E-state index contributed by atoms with van der Waals surface area (Å²) >= 11 is 8.31. The van der Waals surface area contributed by atoms with Crippen molar-refractivity contribution in [3.05, 3.63) is 139 Å². The van der Waals surface area contributed by atoms with E-state index in [4.69, 9.17) is 16.6 Å². The van der Waals surface area contributed by atoms with Gasteiger partial charge in [0.25, 0.3) is 0 Å². The van der Waals surface area contributed by atoms with Crippen LogP contribution in [0.1, 0.15) is 0 Å². The highest BCUT2D eigenvalue weighted by Gasteiger charge is 2.18. The van der Waals surface area contributed by atoms with Gasteiger partial charge in [-0.15, -0.1) is 11.3 Å². The Kier molecular flexibility index (Phi) is 6.03. The second-order valence-corrected chi connectivity index (χ2v) is 11.6. The minimum absolute atomic E-state index is 0.177. The molecule has 0 saturated carbocycles. The van der Waals surface area contributed by atoms with E-state index in [1.807, 2.05) is 12.1 Å². The Labute approximate surface area is 251 Å². The smallest absolute Gasteiger partial charge is 0.208 e. The lowest BCUT2D eigenvalue weighted by atomic mass is 9.97. The Morgan fingerprint density at radius 1 is 0.476 bits per heavy atom. The van der Waals surface area contributed by atoms with Crippen molar-refractivity contribution in [1.82, 2.24) is 15.0 Å². The number of hydrogen-bond acceptors (Lipinski definition) is 4. The summed E-state index contributed by atoms with van der Waals surface area (Å²) in [6.45, 7) is 0.